The van der Waals surface area contributed by atoms with E-state index in [9.17, 15) is 4.79 Å². The van der Waals surface area contributed by atoms with E-state index in [2.05, 4.69) is 20.7 Å². The van der Waals surface area contributed by atoms with E-state index < -0.39 is 0 Å². The summed E-state index contributed by atoms with van der Waals surface area (Å²) in [6.07, 6.45) is 6.10. The second-order valence-corrected chi connectivity index (χ2v) is 6.23. The smallest absolute Gasteiger partial charge is 0.321 e. The first-order valence-corrected chi connectivity index (χ1v) is 8.61. The Balaban J connectivity index is 1.32. The van der Waals surface area contributed by atoms with E-state index in [0.29, 0.717) is 18.1 Å². The van der Waals surface area contributed by atoms with Crippen LogP contribution in [0.3, 0.4) is 0 Å². The first-order valence-electron chi connectivity index (χ1n) is 8.61. The van der Waals surface area contributed by atoms with Crippen molar-refractivity contribution in [3.05, 3.63) is 67.1 Å². The van der Waals surface area contributed by atoms with Crippen molar-refractivity contribution in [2.24, 2.45) is 0 Å². The summed E-state index contributed by atoms with van der Waals surface area (Å²) in [4.78, 5) is 18.6. The third-order valence-electron chi connectivity index (χ3n) is 4.36. The predicted molar refractivity (Wildman–Crippen MR) is 100 cm³/mol. The molecule has 1 aliphatic rings. The Morgan fingerprint density at radius 1 is 1.08 bits per heavy atom. The number of aromatic nitrogens is 3. The molecule has 0 saturated carbocycles. The van der Waals surface area contributed by atoms with Crippen molar-refractivity contribution in [2.75, 3.05) is 23.7 Å². The van der Waals surface area contributed by atoms with Gasteiger partial charge in [0.25, 0.3) is 0 Å². The predicted octanol–water partition coefficient (Wildman–Crippen LogP) is 2.99. The summed E-state index contributed by atoms with van der Waals surface area (Å²) >= 11 is 0. The van der Waals surface area contributed by atoms with E-state index in [1.165, 1.54) is 0 Å². The molecular formula is C19H20N6O. The standard InChI is InChI=1S/C19H20N6O/c26-19(23-16-7-8-18(20-13-16)25-11-4-10-21-25)24-12-9-17(14-24)22-15-5-2-1-3-6-15/h1-8,10-11,13,17,22H,9,12,14H2,(H,23,26)/t17-/m1/s1. The lowest BCUT2D eigenvalue weighted by Gasteiger charge is -2.18. The summed E-state index contributed by atoms with van der Waals surface area (Å²) in [5.41, 5.74) is 1.75. The normalized spacial score (nSPS) is 16.5. The molecule has 1 aliphatic heterocycles. The fourth-order valence-corrected chi connectivity index (χ4v) is 3.04. The number of benzene rings is 1. The van der Waals surface area contributed by atoms with Crippen LogP contribution in [0.25, 0.3) is 5.82 Å². The van der Waals surface area contributed by atoms with Crippen LogP contribution in [-0.4, -0.2) is 44.8 Å². The molecule has 1 saturated heterocycles. The first kappa shape index (κ1) is 16.1. The zero-order valence-corrected chi connectivity index (χ0v) is 14.2. The number of anilines is 2. The number of hydrogen-bond acceptors (Lipinski definition) is 4. The highest BCUT2D eigenvalue weighted by molar-refractivity contribution is 5.89. The number of urea groups is 1. The van der Waals surface area contributed by atoms with Gasteiger partial charge in [-0.05, 0) is 36.8 Å². The highest BCUT2D eigenvalue weighted by Gasteiger charge is 2.26. The zero-order chi connectivity index (χ0) is 17.8. The van der Waals surface area contributed by atoms with Gasteiger partial charge in [0.05, 0.1) is 11.9 Å². The largest absolute Gasteiger partial charge is 0.380 e. The number of nitrogens with one attached hydrogen (secondary N) is 2. The average molecular weight is 348 g/mol. The Labute approximate surface area is 151 Å². The van der Waals surface area contributed by atoms with Gasteiger partial charge in [0.15, 0.2) is 5.82 Å². The number of hydrogen-bond donors (Lipinski definition) is 2. The topological polar surface area (TPSA) is 75.1 Å². The van der Waals surface area contributed by atoms with Crippen molar-refractivity contribution in [3.8, 4) is 5.82 Å². The summed E-state index contributed by atoms with van der Waals surface area (Å²) in [6, 6.07) is 15.7. The van der Waals surface area contributed by atoms with Gasteiger partial charge in [0.1, 0.15) is 0 Å². The molecule has 0 aliphatic carbocycles. The Kier molecular flexibility index (Phi) is 4.51. The minimum atomic E-state index is -0.101. The Hall–Kier alpha value is -3.35. The summed E-state index contributed by atoms with van der Waals surface area (Å²) in [5.74, 6) is 0.710. The number of pyridine rings is 1. The van der Waals surface area contributed by atoms with Crippen molar-refractivity contribution in [2.45, 2.75) is 12.5 Å². The molecule has 0 unspecified atom stereocenters. The summed E-state index contributed by atoms with van der Waals surface area (Å²) in [6.45, 7) is 1.41. The maximum Gasteiger partial charge on any atom is 0.321 e. The van der Waals surface area contributed by atoms with Crippen molar-refractivity contribution in [1.29, 1.82) is 0 Å². The lowest BCUT2D eigenvalue weighted by molar-refractivity contribution is 0.222. The molecule has 2 aromatic heterocycles. The molecule has 0 radical (unpaired) electrons. The minimum absolute atomic E-state index is 0.101. The van der Waals surface area contributed by atoms with E-state index in [4.69, 9.17) is 0 Å². The molecule has 2 N–H and O–H groups in total. The van der Waals surface area contributed by atoms with Crippen LogP contribution >= 0.6 is 0 Å². The Morgan fingerprint density at radius 2 is 1.96 bits per heavy atom. The number of amides is 2. The number of likely N-dealkylation sites (tertiary alicyclic amines) is 1. The van der Waals surface area contributed by atoms with Gasteiger partial charge in [-0.2, -0.15) is 5.10 Å². The summed E-state index contributed by atoms with van der Waals surface area (Å²) in [7, 11) is 0. The number of carbonyl (C=O) groups excluding carboxylic acids is 1. The van der Waals surface area contributed by atoms with Gasteiger partial charge in [-0.1, -0.05) is 18.2 Å². The van der Waals surface area contributed by atoms with Crippen molar-refractivity contribution >= 4 is 17.4 Å². The van der Waals surface area contributed by atoms with Gasteiger partial charge in [0.2, 0.25) is 0 Å². The third kappa shape index (κ3) is 3.66. The van der Waals surface area contributed by atoms with Gasteiger partial charge in [-0.15, -0.1) is 0 Å². The minimum Gasteiger partial charge on any atom is -0.380 e. The Morgan fingerprint density at radius 3 is 2.69 bits per heavy atom. The SMILES string of the molecule is O=C(Nc1ccc(-n2cccn2)nc1)N1CC[C@@H](Nc2ccccc2)C1. The van der Waals surface area contributed by atoms with E-state index in [1.54, 1.807) is 17.1 Å². The monoisotopic (exact) mass is 348 g/mol. The average Bonchev–Trinajstić information content (AvgIpc) is 3.35. The second kappa shape index (κ2) is 7.26. The molecule has 26 heavy (non-hydrogen) atoms. The molecule has 132 valence electrons. The fourth-order valence-electron chi connectivity index (χ4n) is 3.04. The van der Waals surface area contributed by atoms with Gasteiger partial charge in [-0.25, -0.2) is 14.5 Å². The van der Waals surface area contributed by atoms with Crippen molar-refractivity contribution in [1.82, 2.24) is 19.7 Å². The van der Waals surface area contributed by atoms with Crippen LogP contribution in [0.15, 0.2) is 67.1 Å². The lowest BCUT2D eigenvalue weighted by Crippen LogP contribution is -2.35. The first-order chi connectivity index (χ1) is 12.8. The lowest BCUT2D eigenvalue weighted by atomic mass is 10.2. The summed E-state index contributed by atoms with van der Waals surface area (Å²) < 4.78 is 1.67. The number of para-hydroxylation sites is 1. The molecule has 0 spiro atoms. The molecule has 0 bridgehead atoms. The van der Waals surface area contributed by atoms with Gasteiger partial charge >= 0.3 is 6.03 Å². The van der Waals surface area contributed by atoms with Crippen molar-refractivity contribution in [3.63, 3.8) is 0 Å². The van der Waals surface area contributed by atoms with Crippen LogP contribution < -0.4 is 10.6 Å². The molecule has 3 heterocycles. The molecule has 1 fully saturated rings. The van der Waals surface area contributed by atoms with Crippen LogP contribution in [0.4, 0.5) is 16.2 Å². The maximum atomic E-state index is 12.5. The molecule has 7 heteroatoms. The van der Waals surface area contributed by atoms with Crippen LogP contribution in [0.2, 0.25) is 0 Å². The number of rotatable bonds is 4. The highest BCUT2D eigenvalue weighted by atomic mass is 16.2. The second-order valence-electron chi connectivity index (χ2n) is 6.23. The molecule has 4 rings (SSSR count). The van der Waals surface area contributed by atoms with E-state index in [-0.39, 0.29) is 12.1 Å². The quantitative estimate of drug-likeness (QED) is 0.760. The van der Waals surface area contributed by atoms with Crippen LogP contribution in [0.1, 0.15) is 6.42 Å². The third-order valence-corrected chi connectivity index (χ3v) is 4.36. The Bertz CT molecular complexity index is 848. The molecule has 1 atom stereocenters. The van der Waals surface area contributed by atoms with Crippen LogP contribution in [0.5, 0.6) is 0 Å². The zero-order valence-electron chi connectivity index (χ0n) is 14.2. The molecule has 7 nitrogen and oxygen atoms in total. The van der Waals surface area contributed by atoms with Crippen molar-refractivity contribution < 1.29 is 4.79 Å². The van der Waals surface area contributed by atoms with Gasteiger partial charge in [-0.3, -0.25) is 0 Å². The van der Waals surface area contributed by atoms with Crippen LogP contribution in [0, 0.1) is 0 Å². The molecular weight excluding hydrogens is 328 g/mol. The highest BCUT2D eigenvalue weighted by Crippen LogP contribution is 2.17. The van der Waals surface area contributed by atoms with E-state index in [1.807, 2.05) is 59.6 Å². The van der Waals surface area contributed by atoms with Crippen LogP contribution in [-0.2, 0) is 0 Å². The number of carbonyl (C=O) groups is 1. The molecule has 3 aromatic rings. The number of nitrogens with zero attached hydrogens (tertiary/aromatic N) is 4. The van der Waals surface area contributed by atoms with Gasteiger partial charge < -0.3 is 15.5 Å². The molecule has 1 aromatic carbocycles. The fraction of sp³-hybridized carbons (Fsp3) is 0.211. The van der Waals surface area contributed by atoms with E-state index >= 15 is 0 Å². The van der Waals surface area contributed by atoms with Gasteiger partial charge in [0, 0.05) is 37.2 Å². The van der Waals surface area contributed by atoms with E-state index in [0.717, 1.165) is 18.7 Å². The maximum absolute atomic E-state index is 12.5. The summed E-state index contributed by atoms with van der Waals surface area (Å²) in [5, 5.41) is 10.5. The molecule has 2 amide bonds.